The molecule has 0 bridgehead atoms. The number of hydrogen-bond donors (Lipinski definition) is 3. The SMILES string of the molecule is N#Cc1ccccc1Sc1ccccc1C(=O)Nc1ccc(NC(N)=O)cc1. The molecule has 0 atom stereocenters. The van der Waals surface area contributed by atoms with Crippen LogP contribution in [0.25, 0.3) is 0 Å². The van der Waals surface area contributed by atoms with Crippen molar-refractivity contribution in [3.05, 3.63) is 83.9 Å². The summed E-state index contributed by atoms with van der Waals surface area (Å²) in [6, 6.07) is 22.6. The zero-order chi connectivity index (χ0) is 19.9. The smallest absolute Gasteiger partial charge is 0.316 e. The van der Waals surface area contributed by atoms with Gasteiger partial charge in [0.25, 0.3) is 5.91 Å². The molecule has 0 aliphatic rings. The Labute approximate surface area is 166 Å². The molecule has 0 aliphatic carbocycles. The Bertz CT molecular complexity index is 1060. The number of carbonyl (C=O) groups is 2. The molecule has 138 valence electrons. The van der Waals surface area contributed by atoms with Gasteiger partial charge in [0.2, 0.25) is 0 Å². The fourth-order valence-electron chi connectivity index (χ4n) is 2.49. The summed E-state index contributed by atoms with van der Waals surface area (Å²) in [5, 5.41) is 14.6. The highest BCUT2D eigenvalue weighted by atomic mass is 32.2. The van der Waals surface area contributed by atoms with E-state index in [1.165, 1.54) is 11.8 Å². The first-order valence-electron chi connectivity index (χ1n) is 8.30. The third-order valence-electron chi connectivity index (χ3n) is 3.77. The number of nitrogens with one attached hydrogen (secondary N) is 2. The van der Waals surface area contributed by atoms with Gasteiger partial charge < -0.3 is 16.4 Å². The highest BCUT2D eigenvalue weighted by molar-refractivity contribution is 7.99. The van der Waals surface area contributed by atoms with Crippen molar-refractivity contribution >= 4 is 35.1 Å². The van der Waals surface area contributed by atoms with E-state index in [-0.39, 0.29) is 5.91 Å². The van der Waals surface area contributed by atoms with Gasteiger partial charge in [-0.25, -0.2) is 4.79 Å². The van der Waals surface area contributed by atoms with Crippen LogP contribution in [0.5, 0.6) is 0 Å². The van der Waals surface area contributed by atoms with Crippen LogP contribution in [-0.4, -0.2) is 11.9 Å². The number of urea groups is 1. The predicted molar refractivity (Wildman–Crippen MR) is 109 cm³/mol. The molecule has 0 radical (unpaired) electrons. The van der Waals surface area contributed by atoms with Crippen molar-refractivity contribution in [1.29, 1.82) is 5.26 Å². The summed E-state index contributed by atoms with van der Waals surface area (Å²) >= 11 is 1.37. The van der Waals surface area contributed by atoms with Gasteiger partial charge in [-0.2, -0.15) is 5.26 Å². The number of hydrogen-bond acceptors (Lipinski definition) is 4. The standard InChI is InChI=1S/C21H16N4O2S/c22-13-14-5-1-3-7-18(14)28-19-8-4-2-6-17(19)20(26)24-15-9-11-16(12-10-15)25-21(23)27/h1-12H,(H,24,26)(H3,23,25,27). The van der Waals surface area contributed by atoms with E-state index in [1.54, 1.807) is 48.5 Å². The molecule has 4 N–H and O–H groups in total. The van der Waals surface area contributed by atoms with E-state index in [1.807, 2.05) is 24.3 Å². The molecule has 0 saturated carbocycles. The summed E-state index contributed by atoms with van der Waals surface area (Å²) in [4.78, 5) is 25.2. The maximum absolute atomic E-state index is 12.8. The van der Waals surface area contributed by atoms with E-state index in [4.69, 9.17) is 5.73 Å². The van der Waals surface area contributed by atoms with Crippen molar-refractivity contribution in [2.45, 2.75) is 9.79 Å². The van der Waals surface area contributed by atoms with Gasteiger partial charge in [-0.15, -0.1) is 0 Å². The van der Waals surface area contributed by atoms with E-state index in [0.717, 1.165) is 9.79 Å². The van der Waals surface area contributed by atoms with E-state index in [2.05, 4.69) is 16.7 Å². The van der Waals surface area contributed by atoms with Crippen molar-refractivity contribution in [2.75, 3.05) is 10.6 Å². The number of amides is 3. The second kappa shape index (κ2) is 8.75. The lowest BCUT2D eigenvalue weighted by Crippen LogP contribution is -2.19. The number of benzene rings is 3. The van der Waals surface area contributed by atoms with Crippen LogP contribution in [0.4, 0.5) is 16.2 Å². The average molecular weight is 388 g/mol. The highest BCUT2D eigenvalue weighted by Crippen LogP contribution is 2.33. The predicted octanol–water partition coefficient (Wildman–Crippen LogP) is 4.45. The van der Waals surface area contributed by atoms with E-state index in [0.29, 0.717) is 22.5 Å². The molecule has 0 spiro atoms. The summed E-state index contributed by atoms with van der Waals surface area (Å²) < 4.78 is 0. The van der Waals surface area contributed by atoms with Gasteiger partial charge in [-0.05, 0) is 48.5 Å². The molecule has 28 heavy (non-hydrogen) atoms. The summed E-state index contributed by atoms with van der Waals surface area (Å²) in [6.45, 7) is 0. The van der Waals surface area contributed by atoms with Gasteiger partial charge in [0.15, 0.2) is 0 Å². The lowest BCUT2D eigenvalue weighted by Gasteiger charge is -2.11. The van der Waals surface area contributed by atoms with Crippen LogP contribution in [0.1, 0.15) is 15.9 Å². The molecule has 0 aromatic heterocycles. The highest BCUT2D eigenvalue weighted by Gasteiger charge is 2.14. The minimum atomic E-state index is -0.652. The molecule has 3 aromatic rings. The van der Waals surface area contributed by atoms with Crippen molar-refractivity contribution in [1.82, 2.24) is 0 Å². The molecule has 3 rings (SSSR count). The van der Waals surface area contributed by atoms with Gasteiger partial charge in [0, 0.05) is 21.2 Å². The topological polar surface area (TPSA) is 108 Å². The fourth-order valence-corrected chi connectivity index (χ4v) is 3.51. The maximum atomic E-state index is 12.8. The maximum Gasteiger partial charge on any atom is 0.316 e. The fraction of sp³-hybridized carbons (Fsp3) is 0. The Kier molecular flexibility index (Phi) is 5.94. The largest absolute Gasteiger partial charge is 0.351 e. The van der Waals surface area contributed by atoms with Gasteiger partial charge >= 0.3 is 6.03 Å². The molecule has 3 amide bonds. The van der Waals surface area contributed by atoms with Crippen LogP contribution in [0.3, 0.4) is 0 Å². The minimum Gasteiger partial charge on any atom is -0.351 e. The van der Waals surface area contributed by atoms with Crippen LogP contribution in [0.15, 0.2) is 82.6 Å². The Morgan fingerprint density at radius 2 is 1.39 bits per heavy atom. The summed E-state index contributed by atoms with van der Waals surface area (Å²) in [5.74, 6) is -0.270. The van der Waals surface area contributed by atoms with Gasteiger partial charge in [-0.3, -0.25) is 4.79 Å². The zero-order valence-corrected chi connectivity index (χ0v) is 15.5. The summed E-state index contributed by atoms with van der Waals surface area (Å²) in [7, 11) is 0. The van der Waals surface area contributed by atoms with E-state index < -0.39 is 6.03 Å². The molecule has 3 aromatic carbocycles. The number of primary amides is 1. The van der Waals surface area contributed by atoms with Gasteiger partial charge in [0.05, 0.1) is 11.1 Å². The van der Waals surface area contributed by atoms with E-state index in [9.17, 15) is 14.9 Å². The molecule has 0 saturated heterocycles. The Balaban J connectivity index is 1.79. The average Bonchev–Trinajstić information content (AvgIpc) is 2.70. The first-order chi connectivity index (χ1) is 13.6. The van der Waals surface area contributed by atoms with Crippen LogP contribution in [-0.2, 0) is 0 Å². The van der Waals surface area contributed by atoms with Crippen LogP contribution in [0.2, 0.25) is 0 Å². The molecule has 0 heterocycles. The number of rotatable bonds is 5. The van der Waals surface area contributed by atoms with Crippen molar-refractivity contribution in [3.8, 4) is 6.07 Å². The minimum absolute atomic E-state index is 0.270. The molecule has 7 heteroatoms. The second-order valence-corrected chi connectivity index (χ2v) is 6.81. The monoisotopic (exact) mass is 388 g/mol. The lowest BCUT2D eigenvalue weighted by atomic mass is 10.2. The van der Waals surface area contributed by atoms with Crippen molar-refractivity contribution in [3.63, 3.8) is 0 Å². The summed E-state index contributed by atoms with van der Waals surface area (Å²) in [5.41, 5.74) is 7.25. The molecule has 0 aliphatic heterocycles. The molecular weight excluding hydrogens is 372 g/mol. The van der Waals surface area contributed by atoms with Gasteiger partial charge in [-0.1, -0.05) is 36.0 Å². The first kappa shape index (κ1) is 19.0. The molecule has 0 unspecified atom stereocenters. The van der Waals surface area contributed by atoms with Crippen LogP contribution >= 0.6 is 11.8 Å². The number of nitrogens with two attached hydrogens (primary N) is 1. The molecule has 6 nitrogen and oxygen atoms in total. The third-order valence-corrected chi connectivity index (χ3v) is 4.92. The Hall–Kier alpha value is -3.76. The lowest BCUT2D eigenvalue weighted by molar-refractivity contribution is 0.102. The zero-order valence-electron chi connectivity index (χ0n) is 14.7. The van der Waals surface area contributed by atoms with Crippen molar-refractivity contribution < 1.29 is 9.59 Å². The second-order valence-electron chi connectivity index (χ2n) is 5.73. The number of nitriles is 1. The Morgan fingerprint density at radius 1 is 0.821 bits per heavy atom. The Morgan fingerprint density at radius 3 is 2.04 bits per heavy atom. The summed E-state index contributed by atoms with van der Waals surface area (Å²) in [6.07, 6.45) is 0. The first-order valence-corrected chi connectivity index (χ1v) is 9.12. The number of nitrogens with zero attached hydrogens (tertiary/aromatic N) is 1. The van der Waals surface area contributed by atoms with E-state index >= 15 is 0 Å². The number of anilines is 2. The van der Waals surface area contributed by atoms with Gasteiger partial charge in [0.1, 0.15) is 6.07 Å². The quantitative estimate of drug-likeness (QED) is 0.600. The number of carbonyl (C=O) groups excluding carboxylic acids is 2. The third kappa shape index (κ3) is 4.69. The van der Waals surface area contributed by atoms with Crippen LogP contribution < -0.4 is 16.4 Å². The molecular formula is C21H16N4O2S. The normalized spacial score (nSPS) is 9.96. The van der Waals surface area contributed by atoms with Crippen LogP contribution in [0, 0.1) is 11.3 Å². The molecule has 0 fully saturated rings. The van der Waals surface area contributed by atoms with Crippen molar-refractivity contribution in [2.24, 2.45) is 5.73 Å².